The average Bonchev–Trinajstić information content (AvgIpc) is 2.55. The van der Waals surface area contributed by atoms with Gasteiger partial charge in [-0.05, 0) is 23.8 Å². The number of benzene rings is 2. The molecule has 0 N–H and O–H groups in total. The second kappa shape index (κ2) is 7.08. The van der Waals surface area contributed by atoms with Gasteiger partial charge in [-0.2, -0.15) is 0 Å². The quantitative estimate of drug-likeness (QED) is 0.278. The number of nitrogens with zero attached hydrogens (tertiary/aromatic N) is 2. The molecule has 0 aliphatic carbocycles. The average molecular weight is 294 g/mol. The minimum atomic E-state index is -0.462. The van der Waals surface area contributed by atoms with Crippen LogP contribution in [-0.4, -0.2) is 24.0 Å². The van der Waals surface area contributed by atoms with E-state index in [0.29, 0.717) is 16.7 Å². The van der Waals surface area contributed by atoms with Crippen molar-refractivity contribution < 1.29 is 9.72 Å². The Hall–Kier alpha value is -3.08. The number of nitro groups is 1. The summed E-state index contributed by atoms with van der Waals surface area (Å²) < 4.78 is 0. The summed E-state index contributed by atoms with van der Waals surface area (Å²) in [6, 6.07) is 14.9. The van der Waals surface area contributed by atoms with Crippen LogP contribution in [-0.2, 0) is 0 Å². The number of rotatable bonds is 5. The Morgan fingerprint density at radius 1 is 1.05 bits per heavy atom. The molecule has 5 nitrogen and oxygen atoms in total. The van der Waals surface area contributed by atoms with Gasteiger partial charge in [0.05, 0.1) is 4.92 Å². The van der Waals surface area contributed by atoms with E-state index in [4.69, 9.17) is 0 Å². The van der Waals surface area contributed by atoms with Crippen LogP contribution in [0.4, 0.5) is 5.69 Å². The lowest BCUT2D eigenvalue weighted by molar-refractivity contribution is -0.384. The highest BCUT2D eigenvalue weighted by Gasteiger charge is 2.08. The predicted molar refractivity (Wildman–Crippen MR) is 86.3 cm³/mol. The van der Waals surface area contributed by atoms with Crippen molar-refractivity contribution in [3.05, 3.63) is 81.9 Å². The van der Waals surface area contributed by atoms with Gasteiger partial charge in [0.25, 0.3) is 5.69 Å². The Labute approximate surface area is 127 Å². The number of carbonyl (C=O) groups is 1. The van der Waals surface area contributed by atoms with E-state index in [1.54, 1.807) is 49.7 Å². The first-order valence-corrected chi connectivity index (χ1v) is 6.60. The molecule has 0 unspecified atom stereocenters. The molecule has 0 aliphatic rings. The Morgan fingerprint density at radius 2 is 1.68 bits per heavy atom. The molecule has 0 saturated heterocycles. The fourth-order valence-corrected chi connectivity index (χ4v) is 1.94. The number of aliphatic imine (C=N–C) groups is 1. The first kappa shape index (κ1) is 15.3. The number of hydrogen-bond acceptors (Lipinski definition) is 4. The van der Waals surface area contributed by atoms with Crippen molar-refractivity contribution in [1.29, 1.82) is 0 Å². The van der Waals surface area contributed by atoms with Crippen molar-refractivity contribution in [2.24, 2.45) is 4.99 Å². The van der Waals surface area contributed by atoms with Crippen LogP contribution in [0.1, 0.15) is 15.9 Å². The molecule has 0 aliphatic heterocycles. The van der Waals surface area contributed by atoms with E-state index < -0.39 is 4.92 Å². The summed E-state index contributed by atoms with van der Waals surface area (Å²) in [4.78, 5) is 26.4. The number of ketones is 1. The van der Waals surface area contributed by atoms with E-state index in [9.17, 15) is 14.9 Å². The van der Waals surface area contributed by atoms with Crippen LogP contribution in [0.15, 0.2) is 65.7 Å². The van der Waals surface area contributed by atoms with Gasteiger partial charge in [0.1, 0.15) is 0 Å². The molecule has 2 aromatic rings. The minimum Gasteiger partial charge on any atom is -0.296 e. The first-order chi connectivity index (χ1) is 10.6. The number of nitro benzene ring substituents is 1. The molecule has 0 saturated carbocycles. The van der Waals surface area contributed by atoms with Crippen molar-refractivity contribution in [2.45, 2.75) is 0 Å². The summed E-state index contributed by atoms with van der Waals surface area (Å²) in [6.07, 6.45) is 3.03. The normalized spacial score (nSPS) is 11.6. The third-order valence-corrected chi connectivity index (χ3v) is 3.02. The van der Waals surface area contributed by atoms with Gasteiger partial charge < -0.3 is 0 Å². The summed E-state index contributed by atoms with van der Waals surface area (Å²) in [5.74, 6) is -0.145. The van der Waals surface area contributed by atoms with E-state index in [1.165, 1.54) is 18.2 Å². The summed E-state index contributed by atoms with van der Waals surface area (Å²) in [7, 11) is 1.60. The molecule has 0 bridgehead atoms. The molecule has 5 heteroatoms. The van der Waals surface area contributed by atoms with Gasteiger partial charge >= 0.3 is 0 Å². The number of carbonyl (C=O) groups excluding carboxylic acids is 1. The summed E-state index contributed by atoms with van der Waals surface area (Å²) in [5, 5.41) is 10.7. The third-order valence-electron chi connectivity index (χ3n) is 3.02. The second-order valence-electron chi connectivity index (χ2n) is 4.52. The molecule has 0 fully saturated rings. The van der Waals surface area contributed by atoms with Crippen molar-refractivity contribution in [1.82, 2.24) is 0 Å². The molecule has 2 aromatic carbocycles. The SMILES string of the molecule is C/N=C/C(=C\C(=O)c1ccccc1)c1ccc([N+](=O)[O-])cc1. The van der Waals surface area contributed by atoms with Gasteiger partial charge in [-0.15, -0.1) is 0 Å². The standard InChI is InChI=1S/C17H14N2O3/c1-18-12-15(11-17(20)14-5-3-2-4-6-14)13-7-9-16(10-8-13)19(21)22/h2-12H,1H3/b15-11+,18-12+. The topological polar surface area (TPSA) is 72.6 Å². The summed E-state index contributed by atoms with van der Waals surface area (Å²) >= 11 is 0. The van der Waals surface area contributed by atoms with Gasteiger partial charge in [-0.25, -0.2) is 0 Å². The minimum absolute atomic E-state index is 0.00548. The lowest BCUT2D eigenvalue weighted by Crippen LogP contribution is -1.97. The zero-order valence-corrected chi connectivity index (χ0v) is 12.0. The number of allylic oxidation sites excluding steroid dienone is 2. The molecule has 110 valence electrons. The first-order valence-electron chi connectivity index (χ1n) is 6.60. The van der Waals surface area contributed by atoms with E-state index in [-0.39, 0.29) is 11.5 Å². The number of hydrogen-bond donors (Lipinski definition) is 0. The van der Waals surface area contributed by atoms with Crippen LogP contribution >= 0.6 is 0 Å². The second-order valence-corrected chi connectivity index (χ2v) is 4.52. The van der Waals surface area contributed by atoms with E-state index in [2.05, 4.69) is 4.99 Å². The molecule has 0 aromatic heterocycles. The summed E-state index contributed by atoms with van der Waals surface area (Å²) in [5.41, 5.74) is 1.88. The molecular formula is C17H14N2O3. The highest BCUT2D eigenvalue weighted by molar-refractivity contribution is 6.19. The van der Waals surface area contributed by atoms with Gasteiger partial charge in [0.15, 0.2) is 5.78 Å². The maximum Gasteiger partial charge on any atom is 0.269 e. The summed E-state index contributed by atoms with van der Waals surface area (Å²) in [6.45, 7) is 0. The fourth-order valence-electron chi connectivity index (χ4n) is 1.94. The number of non-ortho nitro benzene ring substituents is 1. The van der Waals surface area contributed by atoms with E-state index in [0.717, 1.165) is 0 Å². The van der Waals surface area contributed by atoms with Crippen molar-refractivity contribution in [3.8, 4) is 0 Å². The Kier molecular flexibility index (Phi) is 4.93. The van der Waals surface area contributed by atoms with E-state index >= 15 is 0 Å². The van der Waals surface area contributed by atoms with Gasteiger partial charge in [-0.1, -0.05) is 30.3 Å². The van der Waals surface area contributed by atoms with Crippen LogP contribution in [0.25, 0.3) is 5.57 Å². The molecule has 0 radical (unpaired) electrons. The van der Waals surface area contributed by atoms with E-state index in [1.807, 2.05) is 6.07 Å². The van der Waals surface area contributed by atoms with Crippen molar-refractivity contribution in [3.63, 3.8) is 0 Å². The lowest BCUT2D eigenvalue weighted by atomic mass is 10.0. The molecule has 0 heterocycles. The van der Waals surface area contributed by atoms with Crippen LogP contribution < -0.4 is 0 Å². The van der Waals surface area contributed by atoms with Crippen LogP contribution in [0.2, 0.25) is 0 Å². The largest absolute Gasteiger partial charge is 0.296 e. The zero-order valence-electron chi connectivity index (χ0n) is 12.0. The maximum absolute atomic E-state index is 12.2. The Morgan fingerprint density at radius 3 is 2.23 bits per heavy atom. The third kappa shape index (κ3) is 3.73. The lowest BCUT2D eigenvalue weighted by Gasteiger charge is -2.02. The highest BCUT2D eigenvalue weighted by atomic mass is 16.6. The smallest absolute Gasteiger partial charge is 0.269 e. The van der Waals surface area contributed by atoms with Gasteiger partial charge in [0, 0.05) is 36.5 Å². The zero-order chi connectivity index (χ0) is 15.9. The highest BCUT2D eigenvalue weighted by Crippen LogP contribution is 2.18. The molecule has 22 heavy (non-hydrogen) atoms. The van der Waals surface area contributed by atoms with Crippen LogP contribution in [0, 0.1) is 10.1 Å². The Bertz CT molecular complexity index is 732. The molecule has 0 spiro atoms. The predicted octanol–water partition coefficient (Wildman–Crippen LogP) is 3.56. The van der Waals surface area contributed by atoms with Gasteiger partial charge in [-0.3, -0.25) is 19.9 Å². The fraction of sp³-hybridized carbons (Fsp3) is 0.0588. The molecule has 2 rings (SSSR count). The Balaban J connectivity index is 2.35. The van der Waals surface area contributed by atoms with Crippen molar-refractivity contribution in [2.75, 3.05) is 7.05 Å². The molecule has 0 atom stereocenters. The van der Waals surface area contributed by atoms with Crippen LogP contribution in [0.3, 0.4) is 0 Å². The van der Waals surface area contributed by atoms with Crippen LogP contribution in [0.5, 0.6) is 0 Å². The molecule has 0 amide bonds. The van der Waals surface area contributed by atoms with Crippen molar-refractivity contribution >= 4 is 23.3 Å². The molecular weight excluding hydrogens is 280 g/mol. The van der Waals surface area contributed by atoms with Gasteiger partial charge in [0.2, 0.25) is 0 Å². The maximum atomic E-state index is 12.2. The monoisotopic (exact) mass is 294 g/mol.